The Labute approximate surface area is 114 Å². The molecule has 0 aliphatic carbocycles. The van der Waals surface area contributed by atoms with Gasteiger partial charge < -0.3 is 5.73 Å². The highest BCUT2D eigenvalue weighted by atomic mass is 19.1. The maximum absolute atomic E-state index is 13.1. The molecule has 20 heavy (non-hydrogen) atoms. The van der Waals surface area contributed by atoms with E-state index in [0.29, 0.717) is 12.1 Å². The standard InChI is InChI=1S/C13H15FN4O2/c1-2-3-17-8-11(15)12(19)18(13(17)20)7-9-4-10(14)6-16-5-9/h4-6,8H,2-3,7,15H2,1H3. The second kappa shape index (κ2) is 5.68. The lowest BCUT2D eigenvalue weighted by Crippen LogP contribution is -2.40. The third-order valence-electron chi connectivity index (χ3n) is 2.83. The Morgan fingerprint density at radius 1 is 1.35 bits per heavy atom. The molecule has 2 heterocycles. The van der Waals surface area contributed by atoms with Crippen LogP contribution in [0.2, 0.25) is 0 Å². The summed E-state index contributed by atoms with van der Waals surface area (Å²) in [6, 6.07) is 1.23. The average molecular weight is 278 g/mol. The van der Waals surface area contributed by atoms with Crippen molar-refractivity contribution < 1.29 is 4.39 Å². The number of aryl methyl sites for hydroxylation is 1. The van der Waals surface area contributed by atoms with Crippen LogP contribution in [0.4, 0.5) is 10.1 Å². The van der Waals surface area contributed by atoms with E-state index >= 15 is 0 Å². The first-order chi connectivity index (χ1) is 9.52. The van der Waals surface area contributed by atoms with E-state index in [4.69, 9.17) is 5.73 Å². The Hall–Kier alpha value is -2.44. The second-order valence-corrected chi connectivity index (χ2v) is 4.46. The van der Waals surface area contributed by atoms with Gasteiger partial charge in [-0.2, -0.15) is 0 Å². The lowest BCUT2D eigenvalue weighted by Gasteiger charge is -2.10. The van der Waals surface area contributed by atoms with Crippen LogP contribution < -0.4 is 17.0 Å². The van der Waals surface area contributed by atoms with Gasteiger partial charge in [-0.1, -0.05) is 6.92 Å². The number of hydrogen-bond donors (Lipinski definition) is 1. The summed E-state index contributed by atoms with van der Waals surface area (Å²) >= 11 is 0. The minimum Gasteiger partial charge on any atom is -0.393 e. The molecular formula is C13H15FN4O2. The normalized spacial score (nSPS) is 10.7. The van der Waals surface area contributed by atoms with Crippen LogP contribution >= 0.6 is 0 Å². The van der Waals surface area contributed by atoms with Crippen LogP contribution in [0, 0.1) is 5.82 Å². The smallest absolute Gasteiger partial charge is 0.331 e. The number of pyridine rings is 1. The molecule has 0 fully saturated rings. The van der Waals surface area contributed by atoms with Gasteiger partial charge in [0, 0.05) is 18.9 Å². The highest BCUT2D eigenvalue weighted by Crippen LogP contribution is 2.02. The van der Waals surface area contributed by atoms with Gasteiger partial charge in [-0.25, -0.2) is 9.18 Å². The maximum atomic E-state index is 13.1. The van der Waals surface area contributed by atoms with Gasteiger partial charge in [-0.15, -0.1) is 0 Å². The molecule has 0 atom stereocenters. The van der Waals surface area contributed by atoms with Crippen LogP contribution in [0.15, 0.2) is 34.2 Å². The number of nitrogens with zero attached hydrogens (tertiary/aromatic N) is 3. The summed E-state index contributed by atoms with van der Waals surface area (Å²) < 4.78 is 15.5. The fourth-order valence-corrected chi connectivity index (χ4v) is 1.94. The van der Waals surface area contributed by atoms with Crippen LogP contribution in [-0.2, 0) is 13.1 Å². The van der Waals surface area contributed by atoms with Gasteiger partial charge in [0.2, 0.25) is 0 Å². The first kappa shape index (κ1) is 14.0. The monoisotopic (exact) mass is 278 g/mol. The molecule has 0 amide bonds. The lowest BCUT2D eigenvalue weighted by atomic mass is 10.3. The van der Waals surface area contributed by atoms with E-state index in [9.17, 15) is 14.0 Å². The Morgan fingerprint density at radius 2 is 2.10 bits per heavy atom. The fourth-order valence-electron chi connectivity index (χ4n) is 1.94. The van der Waals surface area contributed by atoms with E-state index in [2.05, 4.69) is 4.98 Å². The molecule has 2 aromatic heterocycles. The molecule has 6 nitrogen and oxygen atoms in total. The molecule has 0 radical (unpaired) electrons. The largest absolute Gasteiger partial charge is 0.393 e. The molecule has 7 heteroatoms. The molecule has 0 unspecified atom stereocenters. The first-order valence-corrected chi connectivity index (χ1v) is 6.22. The summed E-state index contributed by atoms with van der Waals surface area (Å²) in [4.78, 5) is 27.8. The van der Waals surface area contributed by atoms with Crippen molar-refractivity contribution in [1.29, 1.82) is 0 Å². The molecule has 0 aromatic carbocycles. The molecular weight excluding hydrogens is 263 g/mol. The van der Waals surface area contributed by atoms with Gasteiger partial charge >= 0.3 is 5.69 Å². The van der Waals surface area contributed by atoms with Crippen molar-refractivity contribution >= 4 is 5.69 Å². The predicted molar refractivity (Wildman–Crippen MR) is 73.0 cm³/mol. The van der Waals surface area contributed by atoms with Crippen LogP contribution in [0.25, 0.3) is 0 Å². The van der Waals surface area contributed by atoms with E-state index < -0.39 is 17.1 Å². The number of halogens is 1. The van der Waals surface area contributed by atoms with E-state index in [1.807, 2.05) is 6.92 Å². The number of nitrogens with two attached hydrogens (primary N) is 1. The molecule has 0 aliphatic rings. The summed E-state index contributed by atoms with van der Waals surface area (Å²) in [5, 5.41) is 0. The predicted octanol–water partition coefficient (Wildman–Crippen LogP) is 0.585. The number of rotatable bonds is 4. The highest BCUT2D eigenvalue weighted by Gasteiger charge is 2.10. The first-order valence-electron chi connectivity index (χ1n) is 6.22. The Kier molecular flexibility index (Phi) is 3.97. The van der Waals surface area contributed by atoms with Crippen LogP contribution in [-0.4, -0.2) is 14.1 Å². The molecule has 2 aromatic rings. The minimum absolute atomic E-state index is 0.0117. The topological polar surface area (TPSA) is 82.9 Å². The van der Waals surface area contributed by atoms with E-state index in [-0.39, 0.29) is 12.2 Å². The summed E-state index contributed by atoms with van der Waals surface area (Å²) in [5.74, 6) is -0.520. The Balaban J connectivity index is 2.51. The average Bonchev–Trinajstić information content (AvgIpc) is 2.41. The van der Waals surface area contributed by atoms with Crippen molar-refractivity contribution in [3.8, 4) is 0 Å². The SMILES string of the molecule is CCCn1cc(N)c(=O)n(Cc2cncc(F)c2)c1=O. The number of anilines is 1. The van der Waals surface area contributed by atoms with Gasteiger partial charge in [-0.3, -0.25) is 18.9 Å². The quantitative estimate of drug-likeness (QED) is 0.887. The van der Waals surface area contributed by atoms with Crippen LogP contribution in [0.1, 0.15) is 18.9 Å². The minimum atomic E-state index is -0.577. The Bertz CT molecular complexity index is 736. The summed E-state index contributed by atoms with van der Waals surface area (Å²) in [5.41, 5.74) is 5.00. The third-order valence-corrected chi connectivity index (χ3v) is 2.83. The van der Waals surface area contributed by atoms with Crippen LogP contribution in [0.5, 0.6) is 0 Å². The van der Waals surface area contributed by atoms with Crippen molar-refractivity contribution in [3.63, 3.8) is 0 Å². The maximum Gasteiger partial charge on any atom is 0.331 e. The van der Waals surface area contributed by atoms with Gasteiger partial charge in [0.15, 0.2) is 0 Å². The van der Waals surface area contributed by atoms with Gasteiger partial charge in [-0.05, 0) is 18.1 Å². The molecule has 106 valence electrons. The van der Waals surface area contributed by atoms with Crippen molar-refractivity contribution in [2.24, 2.45) is 0 Å². The number of nitrogen functional groups attached to an aromatic ring is 1. The number of hydrogen-bond acceptors (Lipinski definition) is 4. The second-order valence-electron chi connectivity index (χ2n) is 4.46. The lowest BCUT2D eigenvalue weighted by molar-refractivity contribution is 0.569. The van der Waals surface area contributed by atoms with E-state index in [1.165, 1.54) is 23.0 Å². The van der Waals surface area contributed by atoms with Gasteiger partial charge in [0.1, 0.15) is 11.5 Å². The van der Waals surface area contributed by atoms with E-state index in [1.54, 1.807) is 0 Å². The Morgan fingerprint density at radius 3 is 2.75 bits per heavy atom. The molecule has 0 saturated carbocycles. The summed E-state index contributed by atoms with van der Waals surface area (Å²) in [6.45, 7) is 2.32. The zero-order chi connectivity index (χ0) is 14.7. The molecule has 2 N–H and O–H groups in total. The van der Waals surface area contributed by atoms with Crippen molar-refractivity contribution in [1.82, 2.24) is 14.1 Å². The van der Waals surface area contributed by atoms with Crippen molar-refractivity contribution in [3.05, 3.63) is 56.9 Å². The zero-order valence-electron chi connectivity index (χ0n) is 11.0. The summed E-state index contributed by atoms with van der Waals surface area (Å²) in [7, 11) is 0. The van der Waals surface area contributed by atoms with Crippen molar-refractivity contribution in [2.45, 2.75) is 26.4 Å². The van der Waals surface area contributed by atoms with Crippen molar-refractivity contribution in [2.75, 3.05) is 5.73 Å². The van der Waals surface area contributed by atoms with Gasteiger partial charge in [0.05, 0.1) is 12.7 Å². The molecule has 0 saturated heterocycles. The van der Waals surface area contributed by atoms with Gasteiger partial charge in [0.25, 0.3) is 5.56 Å². The highest BCUT2D eigenvalue weighted by molar-refractivity contribution is 5.31. The summed E-state index contributed by atoms with van der Waals surface area (Å²) in [6.07, 6.45) is 4.54. The third kappa shape index (κ3) is 2.76. The van der Waals surface area contributed by atoms with Crippen LogP contribution in [0.3, 0.4) is 0 Å². The fraction of sp³-hybridized carbons (Fsp3) is 0.308. The molecule has 0 bridgehead atoms. The molecule has 0 aliphatic heterocycles. The molecule has 2 rings (SSSR count). The number of aromatic nitrogens is 3. The van der Waals surface area contributed by atoms with E-state index in [0.717, 1.165) is 17.2 Å². The zero-order valence-corrected chi connectivity index (χ0v) is 11.0. The molecule has 0 spiro atoms.